The predicted octanol–water partition coefficient (Wildman–Crippen LogP) is 0.624. The Morgan fingerprint density at radius 2 is 1.80 bits per heavy atom. The van der Waals surface area contributed by atoms with Crippen molar-refractivity contribution in [3.05, 3.63) is 0 Å². The maximum absolute atomic E-state index is 8.86. The van der Waals surface area contributed by atoms with Crippen LogP contribution in [-0.4, -0.2) is 34.1 Å². The van der Waals surface area contributed by atoms with Gasteiger partial charge in [0.15, 0.2) is 16.8 Å². The Labute approximate surface area is 62.7 Å². The summed E-state index contributed by atoms with van der Waals surface area (Å²) in [4.78, 5) is 25.7. The van der Waals surface area contributed by atoms with Crippen molar-refractivity contribution in [2.24, 2.45) is 0 Å². The molecule has 0 bridgehead atoms. The molecule has 6 heteroatoms. The molecule has 0 saturated heterocycles. The Morgan fingerprint density at radius 3 is 2.20 bits per heavy atom. The van der Waals surface area contributed by atoms with Crippen LogP contribution >= 0.6 is 16.8 Å². The molecule has 0 radical (unpaired) electrons. The lowest BCUT2D eigenvalue weighted by atomic mass is 10.6. The van der Waals surface area contributed by atoms with Gasteiger partial charge < -0.3 is 19.2 Å². The van der Waals surface area contributed by atoms with Gasteiger partial charge in [-0.1, -0.05) is 0 Å². The van der Waals surface area contributed by atoms with Crippen LogP contribution in [0.3, 0.4) is 0 Å². The third kappa shape index (κ3) is 6.81. The number of hydrogen-bond donors (Lipinski definition) is 3. The fourth-order valence-corrected chi connectivity index (χ4v) is 1.74. The van der Waals surface area contributed by atoms with E-state index in [2.05, 4.69) is 4.52 Å². The van der Waals surface area contributed by atoms with E-state index in [4.69, 9.17) is 14.7 Å². The van der Waals surface area contributed by atoms with Gasteiger partial charge in [0.25, 0.3) is 0 Å². The summed E-state index contributed by atoms with van der Waals surface area (Å²) >= 11 is 0. The first kappa shape index (κ1) is 10.7. The van der Waals surface area contributed by atoms with Crippen LogP contribution in [0.25, 0.3) is 0 Å². The molecule has 0 heterocycles. The van der Waals surface area contributed by atoms with Crippen molar-refractivity contribution in [2.75, 3.05) is 19.4 Å². The van der Waals surface area contributed by atoms with Crippen molar-refractivity contribution in [3.8, 4) is 0 Å². The fraction of sp³-hybridized carbons (Fsp3) is 1.00. The Hall–Kier alpha value is 0.700. The highest BCUT2D eigenvalue weighted by molar-refractivity contribution is 7.46. The lowest BCUT2D eigenvalue weighted by molar-refractivity contribution is 0.389. The van der Waals surface area contributed by atoms with Gasteiger partial charge in [-0.2, -0.15) is 0 Å². The van der Waals surface area contributed by atoms with Crippen molar-refractivity contribution in [3.63, 3.8) is 0 Å². The number of rotatable bonds is 5. The zero-order valence-electron chi connectivity index (χ0n) is 5.77. The maximum atomic E-state index is 8.86. The third-order valence-corrected chi connectivity index (χ3v) is 2.75. The summed E-state index contributed by atoms with van der Waals surface area (Å²) in [5.41, 5.74) is 0. The van der Waals surface area contributed by atoms with Crippen LogP contribution in [0, 0.1) is 0 Å². The standard InChI is InChI=1S/C4H12O4P2/c1-8-10(7)4-2-3-9(5)6/h5-7H,2-4H2,1H3. The van der Waals surface area contributed by atoms with Gasteiger partial charge >= 0.3 is 0 Å². The minimum Gasteiger partial charge on any atom is -0.350 e. The Balaban J connectivity index is 3.03. The van der Waals surface area contributed by atoms with Crippen molar-refractivity contribution < 1.29 is 19.2 Å². The van der Waals surface area contributed by atoms with E-state index in [1.54, 1.807) is 0 Å². The molecule has 0 rings (SSSR count). The average Bonchev–Trinajstić information content (AvgIpc) is 1.87. The molecular formula is C4H12O4P2. The zero-order chi connectivity index (χ0) is 7.98. The summed E-state index contributed by atoms with van der Waals surface area (Å²) in [5, 5.41) is 0. The first-order valence-corrected chi connectivity index (χ1v) is 5.65. The maximum Gasteiger partial charge on any atom is 0.167 e. The van der Waals surface area contributed by atoms with Gasteiger partial charge in [0.2, 0.25) is 0 Å². The molecule has 0 aromatic heterocycles. The highest BCUT2D eigenvalue weighted by Crippen LogP contribution is 2.33. The van der Waals surface area contributed by atoms with E-state index in [-0.39, 0.29) is 0 Å². The molecule has 0 amide bonds. The molecule has 0 aromatic rings. The van der Waals surface area contributed by atoms with Crippen LogP contribution in [0.5, 0.6) is 0 Å². The van der Waals surface area contributed by atoms with Crippen molar-refractivity contribution >= 4 is 16.8 Å². The Bertz CT molecular complexity index is 79.7. The summed E-state index contributed by atoms with van der Waals surface area (Å²) in [6.45, 7) is 0. The van der Waals surface area contributed by atoms with Gasteiger partial charge in [-0.05, 0) is 6.42 Å². The van der Waals surface area contributed by atoms with Crippen molar-refractivity contribution in [2.45, 2.75) is 6.42 Å². The van der Waals surface area contributed by atoms with Gasteiger partial charge in [0, 0.05) is 19.4 Å². The summed E-state index contributed by atoms with van der Waals surface area (Å²) in [6.07, 6.45) is 1.48. The molecule has 0 aliphatic carbocycles. The monoisotopic (exact) mass is 186 g/mol. The van der Waals surface area contributed by atoms with E-state index in [1.165, 1.54) is 7.11 Å². The molecule has 3 N–H and O–H groups in total. The second-order valence-electron chi connectivity index (χ2n) is 1.71. The summed E-state index contributed by atoms with van der Waals surface area (Å²) < 4.78 is 4.60. The Kier molecular flexibility index (Phi) is 6.86. The van der Waals surface area contributed by atoms with Gasteiger partial charge in [-0.3, -0.25) is 0 Å². The van der Waals surface area contributed by atoms with Crippen LogP contribution in [0.2, 0.25) is 0 Å². The van der Waals surface area contributed by atoms with E-state index in [0.29, 0.717) is 18.7 Å². The van der Waals surface area contributed by atoms with Crippen LogP contribution < -0.4 is 0 Å². The predicted molar refractivity (Wildman–Crippen MR) is 41.9 cm³/mol. The van der Waals surface area contributed by atoms with E-state index >= 15 is 0 Å². The fourth-order valence-electron chi connectivity index (χ4n) is 0.439. The topological polar surface area (TPSA) is 69.9 Å². The molecular weight excluding hydrogens is 174 g/mol. The minimum atomic E-state index is -1.79. The highest BCUT2D eigenvalue weighted by atomic mass is 31.2. The quantitative estimate of drug-likeness (QED) is 0.550. The molecule has 0 aliphatic heterocycles. The minimum absolute atomic E-state index is 0.359. The summed E-state index contributed by atoms with van der Waals surface area (Å²) in [5.74, 6) is 0. The van der Waals surface area contributed by atoms with Crippen LogP contribution in [0.1, 0.15) is 6.42 Å². The second-order valence-corrected chi connectivity index (χ2v) is 4.42. The normalized spacial score (nSPS) is 14.1. The van der Waals surface area contributed by atoms with E-state index in [1.807, 2.05) is 0 Å². The third-order valence-electron chi connectivity index (χ3n) is 0.918. The second kappa shape index (κ2) is 6.41. The lowest BCUT2D eigenvalue weighted by Crippen LogP contribution is -1.89. The van der Waals surface area contributed by atoms with E-state index < -0.39 is 16.8 Å². The van der Waals surface area contributed by atoms with Crippen LogP contribution in [0.4, 0.5) is 0 Å². The first-order valence-electron chi connectivity index (χ1n) is 2.82. The summed E-state index contributed by atoms with van der Waals surface area (Å²) in [7, 11) is -1.68. The molecule has 1 unspecified atom stereocenters. The van der Waals surface area contributed by atoms with Crippen LogP contribution in [0.15, 0.2) is 0 Å². The molecule has 0 aromatic carbocycles. The average molecular weight is 186 g/mol. The van der Waals surface area contributed by atoms with Crippen molar-refractivity contribution in [1.29, 1.82) is 0 Å². The molecule has 1 atom stereocenters. The first-order chi connectivity index (χ1) is 4.66. The summed E-state index contributed by atoms with van der Waals surface area (Å²) in [6, 6.07) is 0. The molecule has 0 fully saturated rings. The molecule has 0 saturated carbocycles. The largest absolute Gasteiger partial charge is 0.350 e. The van der Waals surface area contributed by atoms with Crippen molar-refractivity contribution in [1.82, 2.24) is 0 Å². The van der Waals surface area contributed by atoms with Gasteiger partial charge in [-0.25, -0.2) is 0 Å². The molecule has 62 valence electrons. The van der Waals surface area contributed by atoms with E-state index in [0.717, 1.165) is 0 Å². The molecule has 0 spiro atoms. The highest BCUT2D eigenvalue weighted by Gasteiger charge is 2.04. The molecule has 4 nitrogen and oxygen atoms in total. The van der Waals surface area contributed by atoms with Gasteiger partial charge in [0.05, 0.1) is 0 Å². The molecule has 10 heavy (non-hydrogen) atoms. The lowest BCUT2D eigenvalue weighted by Gasteiger charge is -2.06. The number of hydrogen-bond acceptors (Lipinski definition) is 4. The van der Waals surface area contributed by atoms with Crippen LogP contribution in [-0.2, 0) is 4.52 Å². The van der Waals surface area contributed by atoms with Gasteiger partial charge in [-0.15, -0.1) is 0 Å². The molecule has 0 aliphatic rings. The Morgan fingerprint density at radius 1 is 1.20 bits per heavy atom. The smallest absolute Gasteiger partial charge is 0.167 e. The van der Waals surface area contributed by atoms with E-state index in [9.17, 15) is 0 Å². The van der Waals surface area contributed by atoms with Gasteiger partial charge in [0.1, 0.15) is 0 Å². The SMILES string of the molecule is COP(O)CCCP(O)O. The zero-order valence-corrected chi connectivity index (χ0v) is 7.55.